The van der Waals surface area contributed by atoms with E-state index in [1.54, 1.807) is 23.1 Å². The summed E-state index contributed by atoms with van der Waals surface area (Å²) >= 11 is 4.41. The molecule has 2 heterocycles. The number of halogens is 1. The van der Waals surface area contributed by atoms with Crippen molar-refractivity contribution in [3.63, 3.8) is 0 Å². The molecule has 1 amide bonds. The average molecular weight is 351 g/mol. The van der Waals surface area contributed by atoms with Crippen LogP contribution in [0, 0.1) is 0 Å². The van der Waals surface area contributed by atoms with Crippen molar-refractivity contribution in [2.24, 2.45) is 5.73 Å². The first-order chi connectivity index (χ1) is 9.20. The van der Waals surface area contributed by atoms with Crippen molar-refractivity contribution in [3.05, 3.63) is 17.5 Å². The van der Waals surface area contributed by atoms with Crippen LogP contribution >= 0.6 is 47.0 Å². The summed E-state index contributed by atoms with van der Waals surface area (Å²) in [6, 6.07) is 3.39. The van der Waals surface area contributed by atoms with E-state index in [4.69, 9.17) is 5.73 Å². The molecule has 0 spiro atoms. The number of nitrogens with zero attached hydrogens (tertiary/aromatic N) is 2. The van der Waals surface area contributed by atoms with Crippen LogP contribution in [0.3, 0.4) is 0 Å². The smallest absolute Gasteiger partial charge is 0.243 e. The van der Waals surface area contributed by atoms with Gasteiger partial charge in [0.1, 0.15) is 0 Å². The summed E-state index contributed by atoms with van der Waals surface area (Å²) in [5, 5.41) is 5.17. The lowest BCUT2D eigenvalue weighted by atomic mass is 10.2. The Hall–Kier alpha value is -0.670. The number of nitrogens with one attached hydrogen (secondary N) is 1. The highest BCUT2D eigenvalue weighted by Gasteiger charge is 2.15. The molecule has 2 rings (SSSR count). The molecule has 0 aromatic carbocycles. The lowest BCUT2D eigenvalue weighted by Crippen LogP contribution is -2.36. The normalized spacial score (nSPS) is 11.7. The maximum absolute atomic E-state index is 11.8. The second-order valence-corrected chi connectivity index (χ2v) is 6.46. The minimum atomic E-state index is -0.499. The van der Waals surface area contributed by atoms with Crippen molar-refractivity contribution in [2.45, 2.75) is 12.5 Å². The van der Waals surface area contributed by atoms with Crippen LogP contribution in [0.1, 0.15) is 6.42 Å². The number of hydrogen-bond donors (Lipinski definition) is 2. The summed E-state index contributed by atoms with van der Waals surface area (Å²) in [4.78, 5) is 17.1. The Morgan fingerprint density at radius 3 is 3.05 bits per heavy atom. The van der Waals surface area contributed by atoms with Crippen LogP contribution in [0.15, 0.2) is 17.5 Å². The molecule has 0 aliphatic heterocycles. The van der Waals surface area contributed by atoms with Gasteiger partial charge in [-0.25, -0.2) is 0 Å². The molecule has 2 aromatic rings. The number of hydrogen-bond acceptors (Lipinski definition) is 7. The van der Waals surface area contributed by atoms with E-state index in [9.17, 15) is 4.79 Å². The summed E-state index contributed by atoms with van der Waals surface area (Å²) in [6.45, 7) is 0. The van der Waals surface area contributed by atoms with E-state index in [0.29, 0.717) is 17.4 Å². The van der Waals surface area contributed by atoms with Crippen LogP contribution in [0.2, 0.25) is 0 Å². The highest BCUT2D eigenvalue weighted by Crippen LogP contribution is 2.25. The fourth-order valence-electron chi connectivity index (χ4n) is 1.35. The molecule has 9 heteroatoms. The van der Waals surface area contributed by atoms with Crippen molar-refractivity contribution in [1.29, 1.82) is 0 Å². The summed E-state index contributed by atoms with van der Waals surface area (Å²) < 4.78 is 4.21. The Balaban J connectivity index is 0.00000200. The number of aromatic nitrogens is 2. The van der Waals surface area contributed by atoms with Gasteiger partial charge in [-0.05, 0) is 29.9 Å². The second-order valence-electron chi connectivity index (χ2n) is 3.78. The molecular formula is C11H15ClN4OS3. The predicted octanol–water partition coefficient (Wildman–Crippen LogP) is 2.71. The number of rotatable bonds is 6. The van der Waals surface area contributed by atoms with Gasteiger partial charge < -0.3 is 5.73 Å². The topological polar surface area (TPSA) is 80.9 Å². The fourth-order valence-corrected chi connectivity index (χ4v) is 3.14. The molecule has 20 heavy (non-hydrogen) atoms. The summed E-state index contributed by atoms with van der Waals surface area (Å²) in [5.74, 6) is 1.31. The van der Waals surface area contributed by atoms with Crippen molar-refractivity contribution >= 4 is 58.1 Å². The number of thiophene rings is 1. The molecule has 0 aliphatic rings. The van der Waals surface area contributed by atoms with Gasteiger partial charge in [0, 0.05) is 11.5 Å². The van der Waals surface area contributed by atoms with Crippen molar-refractivity contribution < 1.29 is 4.79 Å². The number of anilines is 1. The molecule has 5 nitrogen and oxygen atoms in total. The van der Waals surface area contributed by atoms with E-state index in [1.165, 1.54) is 11.5 Å². The van der Waals surface area contributed by atoms with Gasteiger partial charge in [0.05, 0.1) is 10.9 Å². The molecule has 0 saturated heterocycles. The Morgan fingerprint density at radius 1 is 1.60 bits per heavy atom. The summed E-state index contributed by atoms with van der Waals surface area (Å²) in [7, 11) is 0. The number of amides is 1. The first-order valence-electron chi connectivity index (χ1n) is 5.63. The molecule has 0 bridgehead atoms. The van der Waals surface area contributed by atoms with Crippen LogP contribution in [-0.4, -0.2) is 33.3 Å². The zero-order valence-corrected chi connectivity index (χ0v) is 14.0. The van der Waals surface area contributed by atoms with E-state index in [-0.39, 0.29) is 18.3 Å². The molecule has 0 fully saturated rings. The summed E-state index contributed by atoms with van der Waals surface area (Å²) in [5.41, 5.74) is 5.79. The maximum Gasteiger partial charge on any atom is 0.243 e. The zero-order valence-electron chi connectivity index (χ0n) is 10.7. The first kappa shape index (κ1) is 17.4. The highest BCUT2D eigenvalue weighted by molar-refractivity contribution is 7.98. The lowest BCUT2D eigenvalue weighted by Gasteiger charge is -2.08. The lowest BCUT2D eigenvalue weighted by molar-refractivity contribution is -0.117. The van der Waals surface area contributed by atoms with E-state index in [1.807, 2.05) is 23.8 Å². The Labute approximate surface area is 136 Å². The van der Waals surface area contributed by atoms with Gasteiger partial charge in [-0.15, -0.1) is 23.7 Å². The van der Waals surface area contributed by atoms with E-state index in [0.717, 1.165) is 10.6 Å². The van der Waals surface area contributed by atoms with Crippen LogP contribution in [0.25, 0.3) is 10.7 Å². The molecule has 1 unspecified atom stereocenters. The van der Waals surface area contributed by atoms with Crippen LogP contribution in [0.4, 0.5) is 5.13 Å². The van der Waals surface area contributed by atoms with Gasteiger partial charge in [0.25, 0.3) is 0 Å². The van der Waals surface area contributed by atoms with Gasteiger partial charge in [-0.1, -0.05) is 6.07 Å². The Bertz CT molecular complexity index is 532. The van der Waals surface area contributed by atoms with Crippen LogP contribution in [0.5, 0.6) is 0 Å². The summed E-state index contributed by atoms with van der Waals surface area (Å²) in [6.07, 6.45) is 2.65. The number of thioether (sulfide) groups is 1. The third kappa shape index (κ3) is 4.71. The van der Waals surface area contributed by atoms with Crippen molar-refractivity contribution in [1.82, 2.24) is 9.36 Å². The number of carbonyl (C=O) groups excluding carboxylic acids is 1. The molecule has 1 atom stereocenters. The quantitative estimate of drug-likeness (QED) is 0.837. The van der Waals surface area contributed by atoms with Crippen molar-refractivity contribution in [3.8, 4) is 10.7 Å². The molecule has 3 N–H and O–H groups in total. The predicted molar refractivity (Wildman–Crippen MR) is 90.1 cm³/mol. The Morgan fingerprint density at radius 2 is 2.40 bits per heavy atom. The minimum absolute atomic E-state index is 0. The zero-order chi connectivity index (χ0) is 13.7. The molecule has 0 radical (unpaired) electrons. The third-order valence-corrected chi connectivity index (χ3v) is 4.51. The van der Waals surface area contributed by atoms with Crippen molar-refractivity contribution in [2.75, 3.05) is 17.3 Å². The maximum atomic E-state index is 11.8. The molecule has 0 saturated carbocycles. The van der Waals surface area contributed by atoms with Crippen LogP contribution in [-0.2, 0) is 4.79 Å². The number of carbonyl (C=O) groups is 1. The average Bonchev–Trinajstić information content (AvgIpc) is 3.05. The van der Waals surface area contributed by atoms with E-state index < -0.39 is 6.04 Å². The SMILES string of the molecule is CSCCC(N)C(=O)Nc1nc(-c2cccs2)ns1.Cl. The Kier molecular flexibility index (Phi) is 7.46. The molecular weight excluding hydrogens is 336 g/mol. The monoisotopic (exact) mass is 350 g/mol. The van der Waals surface area contributed by atoms with Gasteiger partial charge in [-0.3, -0.25) is 10.1 Å². The third-order valence-electron chi connectivity index (χ3n) is 2.37. The standard InChI is InChI=1S/C11H14N4OS3.ClH/c1-17-6-4-7(12)10(16)14-11-13-9(15-19-11)8-3-2-5-18-8;/h2-3,5,7H,4,6,12H2,1H3,(H,13,14,15,16);1H. The molecule has 110 valence electrons. The molecule has 2 aromatic heterocycles. The van der Waals surface area contributed by atoms with E-state index in [2.05, 4.69) is 14.7 Å². The van der Waals surface area contributed by atoms with Gasteiger partial charge in [0.2, 0.25) is 11.0 Å². The fraction of sp³-hybridized carbons (Fsp3) is 0.364. The molecule has 0 aliphatic carbocycles. The second kappa shape index (κ2) is 8.58. The van der Waals surface area contributed by atoms with Gasteiger partial charge in [0.15, 0.2) is 5.82 Å². The highest BCUT2D eigenvalue weighted by atomic mass is 35.5. The minimum Gasteiger partial charge on any atom is -0.320 e. The first-order valence-corrected chi connectivity index (χ1v) is 8.68. The van der Waals surface area contributed by atoms with E-state index >= 15 is 0 Å². The number of nitrogens with two attached hydrogens (primary N) is 1. The van der Waals surface area contributed by atoms with Crippen LogP contribution < -0.4 is 11.1 Å². The van der Waals surface area contributed by atoms with Gasteiger partial charge in [-0.2, -0.15) is 21.1 Å². The largest absolute Gasteiger partial charge is 0.320 e. The van der Waals surface area contributed by atoms with Gasteiger partial charge >= 0.3 is 0 Å².